The Kier molecular flexibility index (Phi) is 7.52. The van der Waals surface area contributed by atoms with E-state index in [9.17, 15) is 18.3 Å². The van der Waals surface area contributed by atoms with Crippen molar-refractivity contribution in [3.8, 4) is 0 Å². The molecule has 0 aliphatic heterocycles. The van der Waals surface area contributed by atoms with Crippen molar-refractivity contribution in [1.82, 2.24) is 4.31 Å². The normalized spacial score (nSPS) is 12.7. The summed E-state index contributed by atoms with van der Waals surface area (Å²) >= 11 is 0. The Hall–Kier alpha value is -1.12. The number of rotatable bonds is 8. The number of ether oxygens (including phenoxy) is 1. The predicted octanol–water partition coefficient (Wildman–Crippen LogP) is -1.15. The number of aliphatic hydroxyl groups is 1. The maximum atomic E-state index is 10.8. The zero-order valence-electron chi connectivity index (χ0n) is 8.74. The third kappa shape index (κ3) is 7.21. The van der Waals surface area contributed by atoms with Crippen molar-refractivity contribution in [2.75, 3.05) is 19.7 Å². The van der Waals surface area contributed by atoms with Crippen LogP contribution in [-0.4, -0.2) is 49.7 Å². The minimum absolute atomic E-state index is 0.139. The van der Waals surface area contributed by atoms with Crippen molar-refractivity contribution in [3.05, 3.63) is 12.7 Å². The first-order chi connectivity index (χ1) is 7.47. The number of hydrogen-bond donors (Lipinski definition) is 3. The van der Waals surface area contributed by atoms with E-state index < -0.39 is 23.1 Å². The van der Waals surface area contributed by atoms with Crippen molar-refractivity contribution in [1.29, 1.82) is 0 Å². The summed E-state index contributed by atoms with van der Waals surface area (Å²) in [5.41, 5.74) is 4.69. The second-order valence-corrected chi connectivity index (χ2v) is 4.05. The highest BCUT2D eigenvalue weighted by Crippen LogP contribution is 1.97. The Morgan fingerprint density at radius 3 is 2.69 bits per heavy atom. The predicted molar refractivity (Wildman–Crippen MR) is 58.2 cm³/mol. The van der Waals surface area contributed by atoms with Gasteiger partial charge in [-0.15, -0.1) is 6.58 Å². The molecule has 0 radical (unpaired) electrons. The van der Waals surface area contributed by atoms with Gasteiger partial charge >= 0.3 is 6.09 Å². The summed E-state index contributed by atoms with van der Waals surface area (Å²) < 4.78 is 26.9. The molecule has 3 N–H and O–H groups in total. The van der Waals surface area contributed by atoms with E-state index in [1.165, 1.54) is 0 Å². The molecule has 0 bridgehead atoms. The second kappa shape index (κ2) is 8.08. The van der Waals surface area contributed by atoms with E-state index in [1.54, 1.807) is 6.08 Å². The molecule has 1 atom stereocenters. The van der Waals surface area contributed by atoms with Gasteiger partial charge in [-0.3, -0.25) is 0 Å². The number of amides is 1. The number of primary amides is 1. The van der Waals surface area contributed by atoms with E-state index in [1.807, 2.05) is 0 Å². The fraction of sp³-hybridized carbons (Fsp3) is 0.625. The van der Waals surface area contributed by atoms with Gasteiger partial charge in [0.25, 0.3) is 0 Å². The number of nitrogens with two attached hydrogens (primary N) is 1. The topological polar surface area (TPSA) is 110 Å². The minimum Gasteiger partial charge on any atom is -0.447 e. The fourth-order valence-electron chi connectivity index (χ4n) is 0.954. The number of nitrogens with zero attached hydrogens (tertiary/aromatic N) is 1. The van der Waals surface area contributed by atoms with E-state index in [0.717, 1.165) is 4.31 Å². The maximum Gasteiger partial charge on any atom is 0.404 e. The molecule has 0 aromatic rings. The first-order valence-electron chi connectivity index (χ1n) is 4.57. The number of hydrogen-bond acceptors (Lipinski definition) is 5. The third-order valence-electron chi connectivity index (χ3n) is 1.66. The molecule has 0 spiro atoms. The molecule has 0 heterocycles. The fourth-order valence-corrected chi connectivity index (χ4v) is 1.55. The molecule has 0 saturated carbocycles. The van der Waals surface area contributed by atoms with E-state index in [4.69, 9.17) is 5.73 Å². The monoisotopic (exact) mass is 252 g/mol. The van der Waals surface area contributed by atoms with E-state index in [2.05, 4.69) is 11.3 Å². The lowest BCUT2D eigenvalue weighted by molar-refractivity contribution is 0.0622. The number of carbonyl (C=O) groups excluding carboxylic acids is 1. The molecular weight excluding hydrogens is 236 g/mol. The average Bonchev–Trinajstić information content (AvgIpc) is 2.20. The zero-order chi connectivity index (χ0) is 12.6. The molecule has 16 heavy (non-hydrogen) atoms. The Morgan fingerprint density at radius 1 is 1.62 bits per heavy atom. The molecule has 8 heteroatoms. The molecule has 0 aromatic heterocycles. The van der Waals surface area contributed by atoms with Crippen molar-refractivity contribution < 1.29 is 23.1 Å². The standard InChI is InChI=1S/C8H16N2O5S/c1-2-3-4-10(16(13)14)5-7(11)6-15-8(9)12/h2,7,11,16H,1,3-6H2,(H2,9,12). The van der Waals surface area contributed by atoms with Gasteiger partial charge < -0.3 is 15.6 Å². The molecule has 0 aliphatic carbocycles. The number of aliphatic hydroxyl groups excluding tert-OH is 1. The van der Waals surface area contributed by atoms with Gasteiger partial charge in [0.1, 0.15) is 12.7 Å². The Morgan fingerprint density at radius 2 is 2.25 bits per heavy atom. The van der Waals surface area contributed by atoms with Crippen molar-refractivity contribution in [2.24, 2.45) is 5.73 Å². The first-order valence-corrected chi connectivity index (χ1v) is 5.70. The van der Waals surface area contributed by atoms with Crippen molar-refractivity contribution in [3.63, 3.8) is 0 Å². The third-order valence-corrected chi connectivity index (χ3v) is 2.49. The lowest BCUT2D eigenvalue weighted by atomic mass is 10.3. The van der Waals surface area contributed by atoms with Crippen LogP contribution in [-0.2, 0) is 15.6 Å². The average molecular weight is 252 g/mol. The van der Waals surface area contributed by atoms with Crippen LogP contribution in [0.1, 0.15) is 6.42 Å². The van der Waals surface area contributed by atoms with E-state index in [0.29, 0.717) is 6.42 Å². The van der Waals surface area contributed by atoms with Crippen LogP contribution in [0.2, 0.25) is 0 Å². The SMILES string of the molecule is C=CCCN(CC(O)COC(N)=O)[SH](=O)=O. The maximum absolute atomic E-state index is 10.8. The van der Waals surface area contributed by atoms with Crippen LogP contribution >= 0.6 is 0 Å². The van der Waals surface area contributed by atoms with Crippen LogP contribution in [0.3, 0.4) is 0 Å². The minimum atomic E-state index is -2.78. The van der Waals surface area contributed by atoms with Crippen LogP contribution < -0.4 is 5.73 Å². The molecule has 7 nitrogen and oxygen atoms in total. The summed E-state index contributed by atoms with van der Waals surface area (Å²) in [4.78, 5) is 10.2. The van der Waals surface area contributed by atoms with Crippen LogP contribution in [0.25, 0.3) is 0 Å². The van der Waals surface area contributed by atoms with Crippen molar-refractivity contribution in [2.45, 2.75) is 12.5 Å². The highest BCUT2D eigenvalue weighted by Gasteiger charge is 2.14. The molecule has 0 aromatic carbocycles. The Labute approximate surface area is 95.6 Å². The van der Waals surface area contributed by atoms with Gasteiger partial charge in [-0.05, 0) is 6.42 Å². The van der Waals surface area contributed by atoms with Crippen LogP contribution in [0.5, 0.6) is 0 Å². The molecule has 0 fully saturated rings. The molecule has 0 aliphatic rings. The Balaban J connectivity index is 4.06. The summed E-state index contributed by atoms with van der Waals surface area (Å²) in [6, 6.07) is 0. The summed E-state index contributed by atoms with van der Waals surface area (Å²) in [7, 11) is -2.78. The van der Waals surface area contributed by atoms with Gasteiger partial charge in [-0.25, -0.2) is 17.5 Å². The Bertz CT molecular complexity index is 297. The first kappa shape index (κ1) is 14.9. The van der Waals surface area contributed by atoms with Gasteiger partial charge in [0.2, 0.25) is 10.9 Å². The van der Waals surface area contributed by atoms with Gasteiger partial charge in [0.05, 0.1) is 0 Å². The highest BCUT2D eigenvalue weighted by atomic mass is 32.2. The van der Waals surface area contributed by atoms with Crippen LogP contribution in [0.4, 0.5) is 4.79 Å². The molecule has 94 valence electrons. The number of carbonyl (C=O) groups is 1. The second-order valence-electron chi connectivity index (χ2n) is 3.01. The highest BCUT2D eigenvalue weighted by molar-refractivity contribution is 7.69. The summed E-state index contributed by atoms with van der Waals surface area (Å²) in [6.07, 6.45) is -0.0569. The molecule has 0 rings (SSSR count). The molecule has 1 unspecified atom stereocenters. The van der Waals surface area contributed by atoms with Gasteiger partial charge in [0, 0.05) is 13.1 Å². The molecule has 1 amide bonds. The van der Waals surface area contributed by atoms with E-state index in [-0.39, 0.29) is 19.7 Å². The molecule has 0 saturated heterocycles. The van der Waals surface area contributed by atoms with Crippen LogP contribution in [0.15, 0.2) is 12.7 Å². The quantitative estimate of drug-likeness (QED) is 0.373. The van der Waals surface area contributed by atoms with Crippen molar-refractivity contribution >= 4 is 17.0 Å². The van der Waals surface area contributed by atoms with E-state index >= 15 is 0 Å². The summed E-state index contributed by atoms with van der Waals surface area (Å²) in [5.74, 6) is 0. The lowest BCUT2D eigenvalue weighted by Crippen LogP contribution is -2.35. The summed E-state index contributed by atoms with van der Waals surface area (Å²) in [6.45, 7) is 3.22. The number of thiol groups is 1. The molecular formula is C8H16N2O5S. The smallest absolute Gasteiger partial charge is 0.404 e. The van der Waals surface area contributed by atoms with Crippen LogP contribution in [0, 0.1) is 0 Å². The lowest BCUT2D eigenvalue weighted by Gasteiger charge is -2.18. The van der Waals surface area contributed by atoms with Gasteiger partial charge in [-0.1, -0.05) is 6.08 Å². The largest absolute Gasteiger partial charge is 0.447 e. The van der Waals surface area contributed by atoms with Gasteiger partial charge in [0.15, 0.2) is 0 Å². The van der Waals surface area contributed by atoms with Gasteiger partial charge in [-0.2, -0.15) is 0 Å². The zero-order valence-corrected chi connectivity index (χ0v) is 9.64. The summed E-state index contributed by atoms with van der Waals surface area (Å²) in [5, 5.41) is 9.35.